The standard InChI is InChI=1S/C27H26N2O2S/c1-17-9-5-8-14-22(17)31-27(30)25-24(28)23-20-13-7-6-12-19(20)21(29-26(23)32-25)16-15-18-10-3-2-4-11-18/h2-5,8-11,14H,6-7,12-13,15-16,28H2,1H3. The zero-order valence-electron chi connectivity index (χ0n) is 18.2. The van der Waals surface area contributed by atoms with Crippen LogP contribution < -0.4 is 10.5 Å². The molecule has 1 aliphatic rings. The molecule has 0 spiro atoms. The summed E-state index contributed by atoms with van der Waals surface area (Å²) in [7, 11) is 0. The minimum absolute atomic E-state index is 0.407. The van der Waals surface area contributed by atoms with Gasteiger partial charge in [-0.25, -0.2) is 9.78 Å². The predicted molar refractivity (Wildman–Crippen MR) is 131 cm³/mol. The van der Waals surface area contributed by atoms with Crippen molar-refractivity contribution in [3.05, 3.63) is 87.4 Å². The van der Waals surface area contributed by atoms with Gasteiger partial charge in [-0.05, 0) is 73.8 Å². The fraction of sp³-hybridized carbons (Fsp3) is 0.259. The molecule has 2 aromatic carbocycles. The second kappa shape index (κ2) is 8.75. The number of nitrogens with two attached hydrogens (primary N) is 1. The normalized spacial score (nSPS) is 13.2. The van der Waals surface area contributed by atoms with E-state index in [0.717, 1.165) is 53.6 Å². The van der Waals surface area contributed by atoms with E-state index < -0.39 is 5.97 Å². The van der Waals surface area contributed by atoms with Gasteiger partial charge in [0.2, 0.25) is 0 Å². The summed E-state index contributed by atoms with van der Waals surface area (Å²) in [5.74, 6) is 0.156. The molecule has 0 amide bonds. The Morgan fingerprint density at radius 3 is 2.50 bits per heavy atom. The van der Waals surface area contributed by atoms with Crippen molar-refractivity contribution in [2.24, 2.45) is 0 Å². The molecule has 162 valence electrons. The van der Waals surface area contributed by atoms with Crippen LogP contribution in [-0.2, 0) is 25.7 Å². The number of fused-ring (bicyclic) bond motifs is 3. The zero-order chi connectivity index (χ0) is 22.1. The summed E-state index contributed by atoms with van der Waals surface area (Å²) in [5.41, 5.74) is 13.1. The Balaban J connectivity index is 1.52. The van der Waals surface area contributed by atoms with E-state index in [1.165, 1.54) is 34.4 Å². The van der Waals surface area contributed by atoms with Crippen LogP contribution in [0.4, 0.5) is 5.69 Å². The Morgan fingerprint density at radius 2 is 1.72 bits per heavy atom. The van der Waals surface area contributed by atoms with Gasteiger partial charge in [0, 0.05) is 11.1 Å². The first kappa shape index (κ1) is 20.7. The molecule has 5 rings (SSSR count). The third kappa shape index (κ3) is 3.89. The highest BCUT2D eigenvalue weighted by Gasteiger charge is 2.26. The predicted octanol–water partition coefficient (Wildman–Crippen LogP) is 6.07. The molecule has 4 aromatic rings. The monoisotopic (exact) mass is 442 g/mol. The number of nitrogens with zero attached hydrogens (tertiary/aromatic N) is 1. The van der Waals surface area contributed by atoms with E-state index in [9.17, 15) is 4.79 Å². The summed E-state index contributed by atoms with van der Waals surface area (Å²) >= 11 is 1.36. The van der Waals surface area contributed by atoms with Crippen LogP contribution in [0.3, 0.4) is 0 Å². The second-order valence-electron chi connectivity index (χ2n) is 8.39. The van der Waals surface area contributed by atoms with E-state index in [4.69, 9.17) is 15.5 Å². The van der Waals surface area contributed by atoms with Gasteiger partial charge in [0.15, 0.2) is 0 Å². The van der Waals surface area contributed by atoms with Gasteiger partial charge in [-0.2, -0.15) is 0 Å². The SMILES string of the molecule is Cc1ccccc1OC(=O)c1sc2nc(CCc3ccccc3)c3c(c2c1N)CCCC3. The molecule has 0 atom stereocenters. The molecule has 0 bridgehead atoms. The van der Waals surface area contributed by atoms with Crippen molar-refractivity contribution in [1.29, 1.82) is 0 Å². The van der Waals surface area contributed by atoms with Gasteiger partial charge in [-0.1, -0.05) is 48.5 Å². The van der Waals surface area contributed by atoms with Gasteiger partial charge in [0.1, 0.15) is 15.5 Å². The number of hydrogen-bond acceptors (Lipinski definition) is 5. The Hall–Kier alpha value is -3.18. The smallest absolute Gasteiger partial charge is 0.355 e. The fourth-order valence-electron chi connectivity index (χ4n) is 4.57. The number of esters is 1. The minimum Gasteiger partial charge on any atom is -0.422 e. The molecule has 0 radical (unpaired) electrons. The van der Waals surface area contributed by atoms with E-state index in [2.05, 4.69) is 24.3 Å². The minimum atomic E-state index is -0.407. The molecule has 32 heavy (non-hydrogen) atoms. The van der Waals surface area contributed by atoms with Crippen molar-refractivity contribution < 1.29 is 9.53 Å². The van der Waals surface area contributed by atoms with Crippen LogP contribution in [0, 0.1) is 6.92 Å². The van der Waals surface area contributed by atoms with Crippen molar-refractivity contribution in [1.82, 2.24) is 4.98 Å². The summed E-state index contributed by atoms with van der Waals surface area (Å²) < 4.78 is 5.68. The van der Waals surface area contributed by atoms with E-state index in [1.807, 2.05) is 31.2 Å². The summed E-state index contributed by atoms with van der Waals surface area (Å²) in [6, 6.07) is 18.0. The van der Waals surface area contributed by atoms with Crippen molar-refractivity contribution in [3.63, 3.8) is 0 Å². The number of thiophene rings is 1. The Labute approximate surface area is 192 Å². The molecule has 2 heterocycles. The molecule has 4 nitrogen and oxygen atoms in total. The Morgan fingerprint density at radius 1 is 1.00 bits per heavy atom. The van der Waals surface area contributed by atoms with Crippen molar-refractivity contribution >= 4 is 33.2 Å². The molecule has 0 aliphatic heterocycles. The molecule has 0 saturated carbocycles. The van der Waals surface area contributed by atoms with Crippen LogP contribution in [0.1, 0.15) is 50.5 Å². The molecule has 0 unspecified atom stereocenters. The van der Waals surface area contributed by atoms with Crippen molar-refractivity contribution in [3.8, 4) is 5.75 Å². The van der Waals surface area contributed by atoms with Crippen LogP contribution >= 0.6 is 11.3 Å². The third-order valence-corrected chi connectivity index (χ3v) is 7.34. The number of aromatic nitrogens is 1. The maximum Gasteiger partial charge on any atom is 0.355 e. The maximum absolute atomic E-state index is 13.0. The first-order valence-electron chi connectivity index (χ1n) is 11.2. The third-order valence-electron chi connectivity index (χ3n) is 6.26. The number of benzene rings is 2. The molecule has 5 heteroatoms. The van der Waals surface area contributed by atoms with Crippen molar-refractivity contribution in [2.75, 3.05) is 5.73 Å². The van der Waals surface area contributed by atoms with Gasteiger partial charge in [0.05, 0.1) is 5.69 Å². The number of carbonyl (C=O) groups is 1. The number of pyridine rings is 1. The van der Waals surface area contributed by atoms with Gasteiger partial charge in [-0.15, -0.1) is 11.3 Å². The largest absolute Gasteiger partial charge is 0.422 e. The molecular weight excluding hydrogens is 416 g/mol. The maximum atomic E-state index is 13.0. The van der Waals surface area contributed by atoms with Gasteiger partial charge >= 0.3 is 5.97 Å². The lowest BCUT2D eigenvalue weighted by Gasteiger charge is -2.20. The summed E-state index contributed by atoms with van der Waals surface area (Å²) in [4.78, 5) is 19.3. The quantitative estimate of drug-likeness (QED) is 0.301. The first-order chi connectivity index (χ1) is 15.6. The molecular formula is C27H26N2O2S. The topological polar surface area (TPSA) is 65.2 Å². The van der Waals surface area contributed by atoms with E-state index in [0.29, 0.717) is 16.3 Å². The Bertz CT molecular complexity index is 1290. The van der Waals surface area contributed by atoms with E-state index in [-0.39, 0.29) is 0 Å². The summed E-state index contributed by atoms with van der Waals surface area (Å²) in [6.45, 7) is 1.92. The first-order valence-corrected chi connectivity index (χ1v) is 12.0. The van der Waals surface area contributed by atoms with Crippen LogP contribution in [0.25, 0.3) is 10.2 Å². The van der Waals surface area contributed by atoms with E-state index in [1.54, 1.807) is 6.07 Å². The molecule has 2 aromatic heterocycles. The average molecular weight is 443 g/mol. The highest BCUT2D eigenvalue weighted by Crippen LogP contribution is 2.40. The number of rotatable bonds is 5. The van der Waals surface area contributed by atoms with E-state index >= 15 is 0 Å². The molecule has 2 N–H and O–H groups in total. The molecule has 1 aliphatic carbocycles. The number of para-hydroxylation sites is 1. The summed E-state index contributed by atoms with van der Waals surface area (Å²) in [6.07, 6.45) is 6.17. The van der Waals surface area contributed by atoms with Gasteiger partial charge in [-0.3, -0.25) is 0 Å². The number of nitrogen functional groups attached to an aromatic ring is 1. The van der Waals surface area contributed by atoms with Crippen LogP contribution in [0.15, 0.2) is 54.6 Å². The lowest BCUT2D eigenvalue weighted by molar-refractivity contribution is 0.0739. The Kier molecular flexibility index (Phi) is 5.66. The number of hydrogen-bond donors (Lipinski definition) is 1. The molecule has 0 fully saturated rings. The number of aryl methyl sites for hydroxylation is 4. The number of anilines is 1. The lowest BCUT2D eigenvalue weighted by Crippen LogP contribution is -2.11. The lowest BCUT2D eigenvalue weighted by atomic mass is 9.87. The van der Waals surface area contributed by atoms with Gasteiger partial charge in [0.25, 0.3) is 0 Å². The van der Waals surface area contributed by atoms with Gasteiger partial charge < -0.3 is 10.5 Å². The van der Waals surface area contributed by atoms with Crippen LogP contribution in [0.2, 0.25) is 0 Å². The van der Waals surface area contributed by atoms with Crippen LogP contribution in [0.5, 0.6) is 5.75 Å². The van der Waals surface area contributed by atoms with Crippen molar-refractivity contribution in [2.45, 2.75) is 45.4 Å². The average Bonchev–Trinajstić information content (AvgIpc) is 3.16. The highest BCUT2D eigenvalue weighted by atomic mass is 32.1. The van der Waals surface area contributed by atoms with Crippen LogP contribution in [-0.4, -0.2) is 11.0 Å². The highest BCUT2D eigenvalue weighted by molar-refractivity contribution is 7.21. The number of carbonyl (C=O) groups excluding carboxylic acids is 1. The fourth-order valence-corrected chi connectivity index (χ4v) is 5.60. The second-order valence-corrected chi connectivity index (χ2v) is 9.39. The number of ether oxygens (including phenoxy) is 1. The summed E-state index contributed by atoms with van der Waals surface area (Å²) in [5, 5.41) is 0.963. The zero-order valence-corrected chi connectivity index (χ0v) is 19.0. The molecule has 0 saturated heterocycles.